The van der Waals surface area contributed by atoms with Gasteiger partial charge in [0.2, 0.25) is 0 Å². The van der Waals surface area contributed by atoms with E-state index in [0.717, 1.165) is 12.1 Å². The minimum atomic E-state index is -1.03. The number of nitrogen functional groups attached to an aromatic ring is 2. The highest BCUT2D eigenvalue weighted by Gasteiger charge is 2.12. The summed E-state index contributed by atoms with van der Waals surface area (Å²) in [6.07, 6.45) is 0. The first kappa shape index (κ1) is 13.0. The van der Waals surface area contributed by atoms with Gasteiger partial charge in [-0.1, -0.05) is 0 Å². The summed E-state index contributed by atoms with van der Waals surface area (Å²) in [6, 6.07) is 6.42. The molecule has 0 saturated carbocycles. The molecule has 2 heterocycles. The number of hydrogen-bond donors (Lipinski definition) is 3. The highest BCUT2D eigenvalue weighted by molar-refractivity contribution is 5.85. The van der Waals surface area contributed by atoms with Crippen molar-refractivity contribution in [3.05, 3.63) is 52.3 Å². The summed E-state index contributed by atoms with van der Waals surface area (Å²) in [6.45, 7) is 0. The Bertz CT molecular complexity index is 921. The van der Waals surface area contributed by atoms with Crippen molar-refractivity contribution in [1.29, 1.82) is 0 Å². The highest BCUT2D eigenvalue weighted by atomic mass is 19.2. The predicted octanol–water partition coefficient (Wildman–Crippen LogP) is 2.03. The first-order valence-electron chi connectivity index (χ1n) is 6.00. The fourth-order valence-electron chi connectivity index (χ4n) is 2.12. The topological polar surface area (TPSA) is 97.8 Å². The number of pyridine rings is 2. The normalized spacial score (nSPS) is 11.0. The van der Waals surface area contributed by atoms with Crippen molar-refractivity contribution >= 4 is 22.5 Å². The highest BCUT2D eigenvalue weighted by Crippen LogP contribution is 2.25. The van der Waals surface area contributed by atoms with Gasteiger partial charge < -0.3 is 16.5 Å². The van der Waals surface area contributed by atoms with Crippen molar-refractivity contribution in [2.45, 2.75) is 0 Å². The lowest BCUT2D eigenvalue weighted by Gasteiger charge is -2.07. The average Bonchev–Trinajstić information content (AvgIpc) is 2.41. The van der Waals surface area contributed by atoms with Gasteiger partial charge in [0.25, 0.3) is 5.56 Å². The summed E-state index contributed by atoms with van der Waals surface area (Å²) in [7, 11) is 0. The van der Waals surface area contributed by atoms with Crippen LogP contribution in [0.2, 0.25) is 0 Å². The molecule has 21 heavy (non-hydrogen) atoms. The quantitative estimate of drug-likeness (QED) is 0.638. The molecule has 5 N–H and O–H groups in total. The van der Waals surface area contributed by atoms with Gasteiger partial charge in [-0.25, -0.2) is 13.8 Å². The van der Waals surface area contributed by atoms with E-state index in [2.05, 4.69) is 9.97 Å². The van der Waals surface area contributed by atoms with Crippen LogP contribution < -0.4 is 17.0 Å². The monoisotopic (exact) mass is 288 g/mol. The lowest BCUT2D eigenvalue weighted by Crippen LogP contribution is -2.11. The van der Waals surface area contributed by atoms with Crippen molar-refractivity contribution in [2.24, 2.45) is 0 Å². The van der Waals surface area contributed by atoms with Crippen LogP contribution >= 0.6 is 0 Å². The fourth-order valence-corrected chi connectivity index (χ4v) is 2.12. The molecule has 0 amide bonds. The van der Waals surface area contributed by atoms with Crippen molar-refractivity contribution in [3.8, 4) is 11.1 Å². The van der Waals surface area contributed by atoms with Gasteiger partial charge in [-0.2, -0.15) is 0 Å². The molecule has 0 saturated heterocycles. The van der Waals surface area contributed by atoms with Crippen LogP contribution in [0.4, 0.5) is 20.4 Å². The average molecular weight is 288 g/mol. The maximum Gasteiger partial charge on any atom is 0.256 e. The Morgan fingerprint density at radius 3 is 2.43 bits per heavy atom. The van der Waals surface area contributed by atoms with Gasteiger partial charge in [-0.05, 0) is 24.3 Å². The second kappa shape index (κ2) is 4.55. The first-order chi connectivity index (χ1) is 9.95. The number of nitrogens with one attached hydrogen (secondary N) is 1. The lowest BCUT2D eigenvalue weighted by molar-refractivity contribution is 0.510. The van der Waals surface area contributed by atoms with Gasteiger partial charge in [-0.15, -0.1) is 0 Å². The predicted molar refractivity (Wildman–Crippen MR) is 76.5 cm³/mol. The van der Waals surface area contributed by atoms with Crippen LogP contribution in [0.5, 0.6) is 0 Å². The zero-order valence-electron chi connectivity index (χ0n) is 10.7. The summed E-state index contributed by atoms with van der Waals surface area (Å²) in [4.78, 5) is 18.4. The van der Waals surface area contributed by atoms with E-state index in [-0.39, 0.29) is 22.7 Å². The molecule has 3 aromatic rings. The fraction of sp³-hybridized carbons (Fsp3) is 0. The summed E-state index contributed by atoms with van der Waals surface area (Å²) in [5, 5.41) is 0.347. The largest absolute Gasteiger partial charge is 0.384 e. The number of benzene rings is 1. The molecular weight excluding hydrogens is 278 g/mol. The SMILES string of the molecule is Nc1ccc(-c2cc3cc(F)c(F)cc3[nH]c2=O)c(N)n1. The van der Waals surface area contributed by atoms with Crippen LogP contribution in [0.1, 0.15) is 0 Å². The van der Waals surface area contributed by atoms with Crippen LogP contribution in [0.15, 0.2) is 35.1 Å². The molecule has 5 nitrogen and oxygen atoms in total. The molecular formula is C14H10F2N4O. The van der Waals surface area contributed by atoms with E-state index in [4.69, 9.17) is 11.5 Å². The second-order valence-corrected chi connectivity index (χ2v) is 4.53. The molecule has 0 spiro atoms. The number of nitrogens with zero attached hydrogens (tertiary/aromatic N) is 1. The maximum atomic E-state index is 13.3. The number of aromatic amines is 1. The summed E-state index contributed by atoms with van der Waals surface area (Å²) >= 11 is 0. The minimum absolute atomic E-state index is 0.0856. The van der Waals surface area contributed by atoms with Gasteiger partial charge in [0.1, 0.15) is 11.6 Å². The molecule has 0 radical (unpaired) electrons. The number of anilines is 2. The summed E-state index contributed by atoms with van der Waals surface area (Å²) < 4.78 is 26.5. The van der Waals surface area contributed by atoms with Gasteiger partial charge >= 0.3 is 0 Å². The van der Waals surface area contributed by atoms with E-state index in [1.807, 2.05) is 0 Å². The smallest absolute Gasteiger partial charge is 0.256 e. The van der Waals surface area contributed by atoms with Crippen molar-refractivity contribution < 1.29 is 8.78 Å². The van der Waals surface area contributed by atoms with Crippen molar-refractivity contribution in [1.82, 2.24) is 9.97 Å². The maximum absolute atomic E-state index is 13.3. The van der Waals surface area contributed by atoms with E-state index in [9.17, 15) is 13.6 Å². The van der Waals surface area contributed by atoms with Gasteiger partial charge in [0.15, 0.2) is 11.6 Å². The Hall–Kier alpha value is -2.96. The number of H-pyrrole nitrogens is 1. The van der Waals surface area contributed by atoms with E-state index < -0.39 is 17.2 Å². The Kier molecular flexibility index (Phi) is 2.83. The second-order valence-electron chi connectivity index (χ2n) is 4.53. The van der Waals surface area contributed by atoms with Crippen molar-refractivity contribution in [2.75, 3.05) is 11.5 Å². The van der Waals surface area contributed by atoms with E-state index in [1.165, 1.54) is 12.1 Å². The third kappa shape index (κ3) is 2.18. The zero-order chi connectivity index (χ0) is 15.1. The molecule has 0 aliphatic heterocycles. The number of nitrogens with two attached hydrogens (primary N) is 2. The molecule has 2 aromatic heterocycles. The molecule has 0 atom stereocenters. The van der Waals surface area contributed by atoms with Gasteiger partial charge in [0, 0.05) is 17.0 Å². The molecule has 0 aliphatic rings. The molecule has 0 aliphatic carbocycles. The Labute approximate surface area is 117 Å². The molecule has 3 rings (SSSR count). The minimum Gasteiger partial charge on any atom is -0.384 e. The summed E-state index contributed by atoms with van der Waals surface area (Å²) in [5.41, 5.74) is 11.5. The van der Waals surface area contributed by atoms with Crippen molar-refractivity contribution in [3.63, 3.8) is 0 Å². The molecule has 106 valence electrons. The molecule has 1 aromatic carbocycles. The molecule has 0 bridgehead atoms. The lowest BCUT2D eigenvalue weighted by atomic mass is 10.1. The van der Waals surface area contributed by atoms with Crippen LogP contribution in [-0.2, 0) is 0 Å². The Balaban J connectivity index is 2.30. The van der Waals surface area contributed by atoms with Crippen LogP contribution in [-0.4, -0.2) is 9.97 Å². The molecule has 7 heteroatoms. The van der Waals surface area contributed by atoms with E-state index in [1.54, 1.807) is 6.07 Å². The Morgan fingerprint density at radius 1 is 1.00 bits per heavy atom. The summed E-state index contributed by atoms with van der Waals surface area (Å²) in [5.74, 6) is -1.72. The molecule has 0 unspecified atom stereocenters. The number of rotatable bonds is 1. The van der Waals surface area contributed by atoms with Crippen LogP contribution in [0.25, 0.3) is 22.0 Å². The van der Waals surface area contributed by atoms with E-state index in [0.29, 0.717) is 10.9 Å². The zero-order valence-corrected chi connectivity index (χ0v) is 10.7. The van der Waals surface area contributed by atoms with Gasteiger partial charge in [0.05, 0.1) is 11.1 Å². The first-order valence-corrected chi connectivity index (χ1v) is 6.00. The number of aromatic nitrogens is 2. The number of halogens is 2. The van der Waals surface area contributed by atoms with Crippen LogP contribution in [0, 0.1) is 11.6 Å². The molecule has 0 fully saturated rings. The third-order valence-corrected chi connectivity index (χ3v) is 3.12. The van der Waals surface area contributed by atoms with Gasteiger partial charge in [-0.3, -0.25) is 4.79 Å². The van der Waals surface area contributed by atoms with Crippen LogP contribution in [0.3, 0.4) is 0 Å². The standard InChI is InChI=1S/C14H10F2N4O/c15-9-4-6-3-8(7-1-2-12(17)20-13(7)18)14(21)19-11(6)5-10(9)16/h1-5H,(H,19,21)(H4,17,18,20). The van der Waals surface area contributed by atoms with E-state index >= 15 is 0 Å². The Morgan fingerprint density at radius 2 is 1.71 bits per heavy atom. The third-order valence-electron chi connectivity index (χ3n) is 3.12. The number of fused-ring (bicyclic) bond motifs is 1. The number of hydrogen-bond acceptors (Lipinski definition) is 4.